The zero-order valence-electron chi connectivity index (χ0n) is 8.44. The van der Waals surface area contributed by atoms with Crippen molar-refractivity contribution >= 4 is 0 Å². The summed E-state index contributed by atoms with van der Waals surface area (Å²) in [6.45, 7) is 11.7. The van der Waals surface area contributed by atoms with Crippen molar-refractivity contribution in [3.05, 3.63) is 11.1 Å². The number of allylic oxidation sites excluding steroid dienone is 2. The molecule has 1 aliphatic carbocycles. The highest BCUT2D eigenvalue weighted by Gasteiger charge is 2.26. The minimum absolute atomic E-state index is 0.804. The molecule has 0 heteroatoms. The van der Waals surface area contributed by atoms with Gasteiger partial charge >= 0.3 is 0 Å². The second kappa shape index (κ2) is 3.00. The molecule has 0 aromatic heterocycles. The third kappa shape index (κ3) is 1.50. The van der Waals surface area contributed by atoms with Crippen LogP contribution in [0, 0.1) is 17.8 Å². The van der Waals surface area contributed by atoms with E-state index in [1.807, 2.05) is 0 Å². The van der Waals surface area contributed by atoms with Crippen LogP contribution in [-0.2, 0) is 0 Å². The zero-order valence-corrected chi connectivity index (χ0v) is 8.44. The summed E-state index contributed by atoms with van der Waals surface area (Å²) in [6.07, 6.45) is 1.32. The Labute approximate surface area is 70.7 Å². The van der Waals surface area contributed by atoms with Crippen LogP contribution in [0.15, 0.2) is 11.1 Å². The zero-order chi connectivity index (χ0) is 8.59. The molecule has 0 amide bonds. The molecule has 0 spiro atoms. The maximum atomic E-state index is 2.38. The molecule has 0 bridgehead atoms. The van der Waals surface area contributed by atoms with Gasteiger partial charge in [-0.25, -0.2) is 0 Å². The van der Waals surface area contributed by atoms with E-state index in [0.717, 1.165) is 17.8 Å². The van der Waals surface area contributed by atoms with Crippen LogP contribution in [0.1, 0.15) is 41.0 Å². The molecule has 0 N–H and O–H groups in total. The van der Waals surface area contributed by atoms with E-state index in [2.05, 4.69) is 34.6 Å². The third-order valence-electron chi connectivity index (χ3n) is 3.67. The molecule has 0 saturated carbocycles. The molecule has 0 fully saturated rings. The molecular formula is C11H20. The molecule has 0 aromatic rings. The van der Waals surface area contributed by atoms with Crippen molar-refractivity contribution < 1.29 is 0 Å². The van der Waals surface area contributed by atoms with Crippen molar-refractivity contribution in [1.82, 2.24) is 0 Å². The van der Waals surface area contributed by atoms with Crippen molar-refractivity contribution in [3.8, 4) is 0 Å². The molecule has 1 aliphatic rings. The van der Waals surface area contributed by atoms with Gasteiger partial charge in [0.15, 0.2) is 0 Å². The van der Waals surface area contributed by atoms with Gasteiger partial charge < -0.3 is 0 Å². The Hall–Kier alpha value is -0.260. The Balaban J connectivity index is 2.86. The normalized spacial score (nSPS) is 39.5. The molecule has 0 radical (unpaired) electrons. The fourth-order valence-electron chi connectivity index (χ4n) is 2.11. The van der Waals surface area contributed by atoms with Gasteiger partial charge in [-0.1, -0.05) is 31.9 Å². The first kappa shape index (κ1) is 8.83. The van der Waals surface area contributed by atoms with Gasteiger partial charge in [0.05, 0.1) is 0 Å². The van der Waals surface area contributed by atoms with Crippen molar-refractivity contribution in [2.75, 3.05) is 0 Å². The smallest absolute Gasteiger partial charge is 0.0203 e. The predicted octanol–water partition coefficient (Wildman–Crippen LogP) is 3.63. The molecule has 64 valence electrons. The van der Waals surface area contributed by atoms with E-state index in [-0.39, 0.29) is 0 Å². The summed E-state index contributed by atoms with van der Waals surface area (Å²) in [5, 5.41) is 0. The number of rotatable bonds is 0. The Morgan fingerprint density at radius 2 is 1.64 bits per heavy atom. The highest BCUT2D eigenvalue weighted by Crippen LogP contribution is 2.37. The second-order valence-electron chi connectivity index (χ2n) is 4.29. The molecule has 3 unspecified atom stereocenters. The molecule has 0 saturated heterocycles. The molecule has 0 aromatic carbocycles. The Kier molecular flexibility index (Phi) is 2.41. The van der Waals surface area contributed by atoms with Crippen LogP contribution < -0.4 is 0 Å². The van der Waals surface area contributed by atoms with Crippen LogP contribution in [-0.4, -0.2) is 0 Å². The summed E-state index contributed by atoms with van der Waals surface area (Å²) in [5.41, 5.74) is 3.26. The number of hydrogen-bond acceptors (Lipinski definition) is 0. The molecule has 0 heterocycles. The first-order valence-electron chi connectivity index (χ1n) is 4.70. The second-order valence-corrected chi connectivity index (χ2v) is 4.29. The quantitative estimate of drug-likeness (QED) is 0.465. The fourth-order valence-corrected chi connectivity index (χ4v) is 2.11. The van der Waals surface area contributed by atoms with Gasteiger partial charge in [-0.3, -0.25) is 0 Å². The maximum absolute atomic E-state index is 2.38. The molecule has 0 nitrogen and oxygen atoms in total. The van der Waals surface area contributed by atoms with Crippen LogP contribution >= 0.6 is 0 Å². The lowest BCUT2D eigenvalue weighted by Crippen LogP contribution is -2.23. The van der Waals surface area contributed by atoms with Crippen LogP contribution in [0.4, 0.5) is 0 Å². The first-order chi connectivity index (χ1) is 5.04. The van der Waals surface area contributed by atoms with Crippen LogP contribution in [0.25, 0.3) is 0 Å². The maximum Gasteiger partial charge on any atom is -0.0203 e. The summed E-state index contributed by atoms with van der Waals surface area (Å²) in [7, 11) is 0. The highest BCUT2D eigenvalue weighted by molar-refractivity contribution is 5.17. The average Bonchev–Trinajstić information content (AvgIpc) is 1.97. The van der Waals surface area contributed by atoms with E-state index < -0.39 is 0 Å². The lowest BCUT2D eigenvalue weighted by atomic mass is 9.72. The summed E-state index contributed by atoms with van der Waals surface area (Å²) in [5.74, 6) is 2.56. The number of hydrogen-bond donors (Lipinski definition) is 0. The van der Waals surface area contributed by atoms with Gasteiger partial charge in [-0.05, 0) is 38.0 Å². The summed E-state index contributed by atoms with van der Waals surface area (Å²) in [4.78, 5) is 0. The largest absolute Gasteiger partial charge is 0.0738 e. The lowest BCUT2D eigenvalue weighted by Gasteiger charge is -2.33. The van der Waals surface area contributed by atoms with Crippen molar-refractivity contribution in [2.24, 2.45) is 17.8 Å². The van der Waals surface area contributed by atoms with E-state index >= 15 is 0 Å². The van der Waals surface area contributed by atoms with Crippen LogP contribution in [0.3, 0.4) is 0 Å². The van der Waals surface area contributed by atoms with Gasteiger partial charge in [-0.2, -0.15) is 0 Å². The topological polar surface area (TPSA) is 0 Å². The minimum atomic E-state index is 0.804. The van der Waals surface area contributed by atoms with Gasteiger partial charge in [0.2, 0.25) is 0 Å². The summed E-state index contributed by atoms with van der Waals surface area (Å²) in [6, 6.07) is 0. The molecular weight excluding hydrogens is 132 g/mol. The van der Waals surface area contributed by atoms with Crippen LogP contribution in [0.2, 0.25) is 0 Å². The standard InChI is InChI=1S/C11H20/c1-7-6-8(2)10(4)11(5)9(7)3/h7,9,11H,6H2,1-5H3. The molecule has 0 aliphatic heterocycles. The van der Waals surface area contributed by atoms with E-state index in [4.69, 9.17) is 0 Å². The van der Waals surface area contributed by atoms with Crippen molar-refractivity contribution in [3.63, 3.8) is 0 Å². The van der Waals surface area contributed by atoms with E-state index in [0.29, 0.717) is 0 Å². The van der Waals surface area contributed by atoms with Crippen LogP contribution in [0.5, 0.6) is 0 Å². The van der Waals surface area contributed by atoms with Gasteiger partial charge in [-0.15, -0.1) is 0 Å². The highest BCUT2D eigenvalue weighted by atomic mass is 14.3. The Morgan fingerprint density at radius 1 is 1.09 bits per heavy atom. The molecule has 1 rings (SSSR count). The lowest BCUT2D eigenvalue weighted by molar-refractivity contribution is 0.283. The average molecular weight is 152 g/mol. The molecule has 11 heavy (non-hydrogen) atoms. The SMILES string of the molecule is CC1=C(C)C(C)C(C)C(C)C1. The Bertz CT molecular complexity index is 176. The van der Waals surface area contributed by atoms with E-state index in [1.54, 1.807) is 11.1 Å². The minimum Gasteiger partial charge on any atom is -0.0738 e. The van der Waals surface area contributed by atoms with Gasteiger partial charge in [0, 0.05) is 0 Å². The molecule has 3 atom stereocenters. The van der Waals surface area contributed by atoms with E-state index in [9.17, 15) is 0 Å². The summed E-state index contributed by atoms with van der Waals surface area (Å²) >= 11 is 0. The van der Waals surface area contributed by atoms with Gasteiger partial charge in [0.25, 0.3) is 0 Å². The third-order valence-corrected chi connectivity index (χ3v) is 3.67. The van der Waals surface area contributed by atoms with Crippen molar-refractivity contribution in [1.29, 1.82) is 0 Å². The Morgan fingerprint density at radius 3 is 2.18 bits per heavy atom. The monoisotopic (exact) mass is 152 g/mol. The fraction of sp³-hybridized carbons (Fsp3) is 0.818. The van der Waals surface area contributed by atoms with Gasteiger partial charge in [0.1, 0.15) is 0 Å². The summed E-state index contributed by atoms with van der Waals surface area (Å²) < 4.78 is 0. The first-order valence-corrected chi connectivity index (χ1v) is 4.70. The van der Waals surface area contributed by atoms with Crippen molar-refractivity contribution in [2.45, 2.75) is 41.0 Å². The van der Waals surface area contributed by atoms with E-state index in [1.165, 1.54) is 6.42 Å². The predicted molar refractivity (Wildman–Crippen MR) is 50.5 cm³/mol.